The molecule has 0 saturated carbocycles. The van der Waals surface area contributed by atoms with Gasteiger partial charge in [-0.2, -0.15) is 5.06 Å². The normalized spacial score (nSPS) is 9.40. The molecule has 1 aromatic rings. The molecule has 0 spiro atoms. The first kappa shape index (κ1) is 10.9. The molecule has 0 aliphatic rings. The fourth-order valence-electron chi connectivity index (χ4n) is 0.950. The fraction of sp³-hybridized carbons (Fsp3) is 0.125. The molecular weight excluding hydrogens is 204 g/mol. The van der Waals surface area contributed by atoms with E-state index in [4.69, 9.17) is 0 Å². The Morgan fingerprint density at radius 1 is 1.40 bits per heavy atom. The van der Waals surface area contributed by atoms with Gasteiger partial charge in [0.1, 0.15) is 0 Å². The summed E-state index contributed by atoms with van der Waals surface area (Å²) in [6.45, 7) is 0. The number of hydrogen-bond donors (Lipinski definition) is 0. The first-order valence-corrected chi connectivity index (χ1v) is 3.90. The molecule has 0 aromatic heterocycles. The van der Waals surface area contributed by atoms with Crippen molar-refractivity contribution in [2.45, 2.75) is 0 Å². The van der Waals surface area contributed by atoms with Crippen LogP contribution in [0.5, 0.6) is 0 Å². The van der Waals surface area contributed by atoms with E-state index in [9.17, 15) is 14.9 Å². The number of carbonyl (C=O) groups excluding carboxylic acids is 1. The van der Waals surface area contributed by atoms with E-state index in [1.54, 1.807) is 30.3 Å². The highest BCUT2D eigenvalue weighted by atomic mass is 17.0. The van der Waals surface area contributed by atoms with Crippen molar-refractivity contribution in [3.63, 3.8) is 0 Å². The number of hydrogen-bond acceptors (Lipinski definition) is 5. The minimum atomic E-state index is -1.21. The van der Waals surface area contributed by atoms with E-state index in [-0.39, 0.29) is 0 Å². The highest BCUT2D eigenvalue weighted by Crippen LogP contribution is 2.14. The maximum absolute atomic E-state index is 11.1. The third kappa shape index (κ3) is 2.92. The van der Waals surface area contributed by atoms with Crippen molar-refractivity contribution in [1.29, 1.82) is 0 Å². The number of hydroxylamine groups is 1. The largest absolute Gasteiger partial charge is 0.427 e. The Morgan fingerprint density at radius 2 is 2.00 bits per heavy atom. The average Bonchev–Trinajstić information content (AvgIpc) is 2.19. The van der Waals surface area contributed by atoms with Crippen molar-refractivity contribution in [3.05, 3.63) is 40.4 Å². The van der Waals surface area contributed by atoms with Crippen molar-refractivity contribution in [1.82, 2.24) is 0 Å². The molecule has 0 bridgehead atoms. The molecule has 0 fully saturated rings. The monoisotopic (exact) mass is 212 g/mol. The van der Waals surface area contributed by atoms with Gasteiger partial charge in [-0.25, -0.2) is 9.63 Å². The number of nitrogens with zero attached hydrogens (tertiary/aromatic N) is 2. The highest BCUT2D eigenvalue weighted by molar-refractivity contribution is 5.84. The molecular formula is C8H8N2O5. The first-order chi connectivity index (χ1) is 7.15. The van der Waals surface area contributed by atoms with Gasteiger partial charge < -0.3 is 0 Å². The minimum Gasteiger partial charge on any atom is -0.268 e. The Hall–Kier alpha value is -2.15. The lowest BCUT2D eigenvalue weighted by Crippen LogP contribution is -2.31. The topological polar surface area (TPSA) is 81.9 Å². The third-order valence-corrected chi connectivity index (χ3v) is 1.49. The summed E-state index contributed by atoms with van der Waals surface area (Å²) >= 11 is 0. The Labute approximate surface area is 84.9 Å². The van der Waals surface area contributed by atoms with Crippen molar-refractivity contribution in [3.8, 4) is 0 Å². The molecule has 0 radical (unpaired) electrons. The zero-order chi connectivity index (χ0) is 11.3. The summed E-state index contributed by atoms with van der Waals surface area (Å²) in [5.41, 5.74) is 0.340. The van der Waals surface area contributed by atoms with Crippen LogP contribution in [0, 0.1) is 10.1 Å². The van der Waals surface area contributed by atoms with E-state index in [2.05, 4.69) is 9.68 Å². The molecule has 0 saturated heterocycles. The van der Waals surface area contributed by atoms with E-state index >= 15 is 0 Å². The van der Waals surface area contributed by atoms with Crippen LogP contribution in [-0.4, -0.2) is 18.3 Å². The van der Waals surface area contributed by atoms with Crippen molar-refractivity contribution >= 4 is 11.8 Å². The molecule has 80 valence electrons. The van der Waals surface area contributed by atoms with Crippen LogP contribution in [0.4, 0.5) is 10.5 Å². The standard InChI is InChI=1S/C8H8N2O5/c1-14-9(8(11)15-10(12)13)7-5-3-2-4-6-7/h2-6H,1H3. The molecule has 1 aromatic carbocycles. The van der Waals surface area contributed by atoms with E-state index in [0.29, 0.717) is 10.8 Å². The van der Waals surface area contributed by atoms with Crippen LogP contribution < -0.4 is 5.06 Å². The Bertz CT molecular complexity index is 353. The van der Waals surface area contributed by atoms with Crippen molar-refractivity contribution < 1.29 is 19.6 Å². The smallest absolute Gasteiger partial charge is 0.268 e. The van der Waals surface area contributed by atoms with Crippen molar-refractivity contribution in [2.24, 2.45) is 0 Å². The van der Waals surface area contributed by atoms with Gasteiger partial charge >= 0.3 is 11.2 Å². The lowest BCUT2D eigenvalue weighted by Gasteiger charge is -2.17. The molecule has 0 aliphatic heterocycles. The van der Waals surface area contributed by atoms with Crippen molar-refractivity contribution in [2.75, 3.05) is 12.2 Å². The summed E-state index contributed by atoms with van der Waals surface area (Å²) in [5.74, 6) is 0. The molecule has 0 atom stereocenters. The second kappa shape index (κ2) is 4.91. The first-order valence-electron chi connectivity index (χ1n) is 3.90. The van der Waals surface area contributed by atoms with Gasteiger partial charge in [0.15, 0.2) is 0 Å². The average molecular weight is 212 g/mol. The predicted molar refractivity (Wildman–Crippen MR) is 49.4 cm³/mol. The number of anilines is 1. The SMILES string of the molecule is CON(C(=O)O[N+](=O)[O-])c1ccccc1. The van der Waals surface area contributed by atoms with Gasteiger partial charge in [-0.15, -0.1) is 10.1 Å². The Kier molecular flexibility index (Phi) is 3.58. The molecule has 0 N–H and O–H groups in total. The number of rotatable bonds is 3. The van der Waals surface area contributed by atoms with Gasteiger partial charge in [-0.1, -0.05) is 18.2 Å². The summed E-state index contributed by atoms with van der Waals surface area (Å²) < 4.78 is 0. The summed E-state index contributed by atoms with van der Waals surface area (Å²) in [6, 6.07) is 8.13. The number of para-hydroxylation sites is 1. The molecule has 0 aliphatic carbocycles. The number of amides is 1. The molecule has 7 nitrogen and oxygen atoms in total. The van der Waals surface area contributed by atoms with Crippen LogP contribution in [0.25, 0.3) is 0 Å². The summed E-state index contributed by atoms with van der Waals surface area (Å²) in [7, 11) is 1.20. The van der Waals surface area contributed by atoms with Crippen LogP contribution in [0.2, 0.25) is 0 Å². The second-order valence-electron chi connectivity index (χ2n) is 2.39. The Morgan fingerprint density at radius 3 is 2.47 bits per heavy atom. The van der Waals surface area contributed by atoms with Crippen LogP contribution >= 0.6 is 0 Å². The maximum atomic E-state index is 11.1. The van der Waals surface area contributed by atoms with E-state index in [1.807, 2.05) is 0 Å². The van der Waals surface area contributed by atoms with Crippen LogP contribution in [-0.2, 0) is 9.68 Å². The zero-order valence-corrected chi connectivity index (χ0v) is 7.82. The van der Waals surface area contributed by atoms with Gasteiger partial charge in [0.2, 0.25) is 0 Å². The summed E-state index contributed by atoms with van der Waals surface area (Å²) in [4.78, 5) is 29.5. The van der Waals surface area contributed by atoms with Gasteiger partial charge in [0.05, 0.1) is 12.8 Å². The minimum absolute atomic E-state index is 0.340. The van der Waals surface area contributed by atoms with Crippen LogP contribution in [0.15, 0.2) is 30.3 Å². The summed E-state index contributed by atoms with van der Waals surface area (Å²) in [6.07, 6.45) is -1.21. The number of benzene rings is 1. The highest BCUT2D eigenvalue weighted by Gasteiger charge is 2.18. The predicted octanol–water partition coefficient (Wildman–Crippen LogP) is 1.38. The lowest BCUT2D eigenvalue weighted by molar-refractivity contribution is -0.727. The maximum Gasteiger partial charge on any atom is 0.427 e. The van der Waals surface area contributed by atoms with Gasteiger partial charge in [0.25, 0.3) is 0 Å². The molecule has 0 unspecified atom stereocenters. The molecule has 7 heteroatoms. The van der Waals surface area contributed by atoms with Gasteiger partial charge in [0, 0.05) is 0 Å². The van der Waals surface area contributed by atoms with Gasteiger partial charge in [-0.05, 0) is 12.1 Å². The van der Waals surface area contributed by atoms with Gasteiger partial charge in [-0.3, -0.25) is 4.84 Å². The second-order valence-corrected chi connectivity index (χ2v) is 2.39. The van der Waals surface area contributed by atoms with E-state index in [1.165, 1.54) is 7.11 Å². The summed E-state index contributed by atoms with van der Waals surface area (Å²) in [5, 5.41) is 9.41. The lowest BCUT2D eigenvalue weighted by atomic mass is 10.3. The molecule has 1 amide bonds. The Balaban J connectivity index is 2.80. The van der Waals surface area contributed by atoms with Crippen LogP contribution in [0.3, 0.4) is 0 Å². The zero-order valence-electron chi connectivity index (χ0n) is 7.82. The van der Waals surface area contributed by atoms with E-state index in [0.717, 1.165) is 0 Å². The van der Waals surface area contributed by atoms with Crippen LogP contribution in [0.1, 0.15) is 0 Å². The fourth-order valence-corrected chi connectivity index (χ4v) is 0.950. The molecule has 1 rings (SSSR count). The number of carbonyl (C=O) groups is 1. The quantitative estimate of drug-likeness (QED) is 0.558. The molecule has 0 heterocycles. The van der Waals surface area contributed by atoms with E-state index < -0.39 is 11.2 Å². The molecule has 15 heavy (non-hydrogen) atoms. The third-order valence-electron chi connectivity index (χ3n) is 1.49.